The Kier molecular flexibility index (Phi) is 6.35. The molecule has 0 radical (unpaired) electrons. The molecule has 1 saturated heterocycles. The topological polar surface area (TPSA) is 15.3 Å². The summed E-state index contributed by atoms with van der Waals surface area (Å²) in [5.74, 6) is 0.723. The van der Waals surface area contributed by atoms with Gasteiger partial charge in [0.15, 0.2) is 0 Å². The highest BCUT2D eigenvalue weighted by atomic mass is 79.9. The molecule has 1 aliphatic heterocycles. The first kappa shape index (κ1) is 15.0. The third kappa shape index (κ3) is 5.25. The van der Waals surface area contributed by atoms with Crippen LogP contribution >= 0.6 is 15.9 Å². The standard InChI is InChI=1S/C16H25BrN2/c1-14(13-19-9-5-2-6-10-19)11-18-12-15-7-3-4-8-16(15)17/h3-4,7-8,14,18H,2,5-6,9-13H2,1H3. The molecule has 1 aliphatic rings. The number of piperidine rings is 1. The average molecular weight is 325 g/mol. The Morgan fingerprint density at radius 1 is 1.21 bits per heavy atom. The van der Waals surface area contributed by atoms with E-state index in [1.54, 1.807) is 0 Å². The third-order valence-electron chi connectivity index (χ3n) is 3.78. The van der Waals surface area contributed by atoms with Crippen molar-refractivity contribution in [2.45, 2.75) is 32.7 Å². The van der Waals surface area contributed by atoms with Gasteiger partial charge in [-0.3, -0.25) is 0 Å². The summed E-state index contributed by atoms with van der Waals surface area (Å²) in [7, 11) is 0. The van der Waals surface area contributed by atoms with Crippen molar-refractivity contribution in [1.82, 2.24) is 10.2 Å². The first-order valence-corrected chi connectivity index (χ1v) is 8.21. The molecule has 0 aromatic heterocycles. The summed E-state index contributed by atoms with van der Waals surface area (Å²) in [6.45, 7) is 8.23. The van der Waals surface area contributed by atoms with E-state index < -0.39 is 0 Å². The van der Waals surface area contributed by atoms with Crippen LogP contribution in [0.25, 0.3) is 0 Å². The van der Waals surface area contributed by atoms with Crippen molar-refractivity contribution in [3.63, 3.8) is 0 Å². The Morgan fingerprint density at radius 2 is 1.95 bits per heavy atom. The van der Waals surface area contributed by atoms with Crippen LogP contribution in [0.1, 0.15) is 31.7 Å². The first-order valence-electron chi connectivity index (χ1n) is 7.42. The molecule has 0 amide bonds. The van der Waals surface area contributed by atoms with Gasteiger partial charge in [-0.15, -0.1) is 0 Å². The number of likely N-dealkylation sites (tertiary alicyclic amines) is 1. The molecule has 106 valence electrons. The predicted molar refractivity (Wildman–Crippen MR) is 85.3 cm³/mol. The third-order valence-corrected chi connectivity index (χ3v) is 4.56. The molecule has 3 heteroatoms. The van der Waals surface area contributed by atoms with E-state index >= 15 is 0 Å². The highest BCUT2D eigenvalue weighted by Gasteiger charge is 2.13. The second-order valence-corrected chi connectivity index (χ2v) is 6.54. The molecule has 1 aromatic rings. The summed E-state index contributed by atoms with van der Waals surface area (Å²) in [6, 6.07) is 8.44. The Morgan fingerprint density at radius 3 is 2.68 bits per heavy atom. The Balaban J connectivity index is 1.66. The van der Waals surface area contributed by atoms with Crippen LogP contribution < -0.4 is 5.32 Å². The molecular weight excluding hydrogens is 300 g/mol. The molecule has 1 unspecified atom stereocenters. The lowest BCUT2D eigenvalue weighted by Crippen LogP contribution is -2.36. The van der Waals surface area contributed by atoms with Crippen LogP contribution in [0.2, 0.25) is 0 Å². The van der Waals surface area contributed by atoms with Gasteiger partial charge in [0.05, 0.1) is 0 Å². The van der Waals surface area contributed by atoms with Crippen molar-refractivity contribution in [1.29, 1.82) is 0 Å². The fourth-order valence-corrected chi connectivity index (χ4v) is 3.17. The van der Waals surface area contributed by atoms with Crippen LogP contribution in [0.3, 0.4) is 0 Å². The van der Waals surface area contributed by atoms with Gasteiger partial charge < -0.3 is 10.2 Å². The first-order chi connectivity index (χ1) is 9.25. The van der Waals surface area contributed by atoms with Gasteiger partial charge >= 0.3 is 0 Å². The SMILES string of the molecule is CC(CNCc1ccccc1Br)CN1CCCCC1. The van der Waals surface area contributed by atoms with Crippen molar-refractivity contribution in [3.05, 3.63) is 34.3 Å². The van der Waals surface area contributed by atoms with Gasteiger partial charge in [-0.1, -0.05) is 47.5 Å². The minimum absolute atomic E-state index is 0.723. The molecule has 1 fully saturated rings. The van der Waals surface area contributed by atoms with Crippen molar-refractivity contribution in [3.8, 4) is 0 Å². The molecule has 0 spiro atoms. The fraction of sp³-hybridized carbons (Fsp3) is 0.625. The van der Waals surface area contributed by atoms with Gasteiger partial charge in [-0.25, -0.2) is 0 Å². The summed E-state index contributed by atoms with van der Waals surface area (Å²) in [5, 5.41) is 3.58. The maximum Gasteiger partial charge on any atom is 0.0220 e. The van der Waals surface area contributed by atoms with E-state index in [1.165, 1.54) is 48.9 Å². The lowest BCUT2D eigenvalue weighted by molar-refractivity contribution is 0.199. The monoisotopic (exact) mass is 324 g/mol. The molecular formula is C16H25BrN2. The Bertz CT molecular complexity index is 375. The molecule has 2 nitrogen and oxygen atoms in total. The van der Waals surface area contributed by atoms with Gasteiger partial charge in [-0.05, 0) is 50.0 Å². The number of rotatable bonds is 6. The highest BCUT2D eigenvalue weighted by molar-refractivity contribution is 9.10. The molecule has 0 aliphatic carbocycles. The lowest BCUT2D eigenvalue weighted by Gasteiger charge is -2.29. The molecule has 19 heavy (non-hydrogen) atoms. The molecule has 2 rings (SSSR count). The van der Waals surface area contributed by atoms with E-state index in [1.807, 2.05) is 0 Å². The Hall–Kier alpha value is -0.380. The van der Waals surface area contributed by atoms with Gasteiger partial charge in [0, 0.05) is 17.6 Å². The van der Waals surface area contributed by atoms with Crippen LogP contribution in [-0.4, -0.2) is 31.1 Å². The van der Waals surface area contributed by atoms with Crippen LogP contribution in [0.15, 0.2) is 28.7 Å². The van der Waals surface area contributed by atoms with E-state index in [0.717, 1.165) is 19.0 Å². The number of hydrogen-bond acceptors (Lipinski definition) is 2. The largest absolute Gasteiger partial charge is 0.312 e. The summed E-state index contributed by atoms with van der Waals surface area (Å²) in [5.41, 5.74) is 1.34. The van der Waals surface area contributed by atoms with E-state index in [0.29, 0.717) is 0 Å². The summed E-state index contributed by atoms with van der Waals surface area (Å²) in [4.78, 5) is 2.62. The average Bonchev–Trinajstić information content (AvgIpc) is 2.42. The number of halogens is 1. The predicted octanol–water partition coefficient (Wildman–Crippen LogP) is 3.66. The van der Waals surface area contributed by atoms with Gasteiger partial charge in [-0.2, -0.15) is 0 Å². The molecule has 0 bridgehead atoms. The second-order valence-electron chi connectivity index (χ2n) is 5.69. The van der Waals surface area contributed by atoms with E-state index in [4.69, 9.17) is 0 Å². The normalized spacial score (nSPS) is 18.4. The molecule has 0 saturated carbocycles. The fourth-order valence-electron chi connectivity index (χ4n) is 2.74. The minimum Gasteiger partial charge on any atom is -0.312 e. The van der Waals surface area contributed by atoms with Crippen molar-refractivity contribution in [2.75, 3.05) is 26.2 Å². The maximum atomic E-state index is 3.59. The number of nitrogens with one attached hydrogen (secondary N) is 1. The van der Waals surface area contributed by atoms with E-state index in [-0.39, 0.29) is 0 Å². The van der Waals surface area contributed by atoms with Crippen LogP contribution in [-0.2, 0) is 6.54 Å². The van der Waals surface area contributed by atoms with Crippen molar-refractivity contribution in [2.24, 2.45) is 5.92 Å². The number of benzene rings is 1. The molecule has 1 N–H and O–H groups in total. The Labute approximate surface area is 125 Å². The quantitative estimate of drug-likeness (QED) is 0.859. The van der Waals surface area contributed by atoms with E-state index in [9.17, 15) is 0 Å². The zero-order chi connectivity index (χ0) is 13.5. The smallest absolute Gasteiger partial charge is 0.0220 e. The number of nitrogens with zero attached hydrogens (tertiary/aromatic N) is 1. The number of hydrogen-bond donors (Lipinski definition) is 1. The van der Waals surface area contributed by atoms with Gasteiger partial charge in [0.25, 0.3) is 0 Å². The van der Waals surface area contributed by atoms with Crippen molar-refractivity contribution >= 4 is 15.9 Å². The van der Waals surface area contributed by atoms with Crippen LogP contribution in [0.5, 0.6) is 0 Å². The molecule has 1 atom stereocenters. The maximum absolute atomic E-state index is 3.59. The zero-order valence-electron chi connectivity index (χ0n) is 11.9. The highest BCUT2D eigenvalue weighted by Crippen LogP contribution is 2.15. The van der Waals surface area contributed by atoms with E-state index in [2.05, 4.69) is 57.3 Å². The van der Waals surface area contributed by atoms with Crippen molar-refractivity contribution < 1.29 is 0 Å². The van der Waals surface area contributed by atoms with Gasteiger partial charge in [0.2, 0.25) is 0 Å². The zero-order valence-corrected chi connectivity index (χ0v) is 13.5. The van der Waals surface area contributed by atoms with Crippen LogP contribution in [0.4, 0.5) is 0 Å². The lowest BCUT2D eigenvalue weighted by atomic mass is 10.1. The summed E-state index contributed by atoms with van der Waals surface area (Å²) in [6.07, 6.45) is 4.19. The minimum atomic E-state index is 0.723. The molecule has 1 aromatic carbocycles. The van der Waals surface area contributed by atoms with Gasteiger partial charge in [0.1, 0.15) is 0 Å². The second kappa shape index (κ2) is 8.03. The molecule has 1 heterocycles. The summed E-state index contributed by atoms with van der Waals surface area (Å²) >= 11 is 3.59. The van der Waals surface area contributed by atoms with Crippen LogP contribution in [0, 0.1) is 5.92 Å². The summed E-state index contributed by atoms with van der Waals surface area (Å²) < 4.78 is 1.20.